The quantitative estimate of drug-likeness (QED) is 0.720. The van der Waals surface area contributed by atoms with Gasteiger partial charge in [-0.2, -0.15) is 0 Å². The monoisotopic (exact) mass is 260 g/mol. The Kier molecular flexibility index (Phi) is 2.34. The van der Waals surface area contributed by atoms with Crippen LogP contribution in [0.2, 0.25) is 0 Å². The minimum absolute atomic E-state index is 0.00163. The zero-order valence-corrected chi connectivity index (χ0v) is 9.68. The summed E-state index contributed by atoms with van der Waals surface area (Å²) >= 11 is 24.5. The molecular formula is C8H8Cl4O. The molecule has 1 N–H and O–H groups in total. The first-order chi connectivity index (χ1) is 5.94. The second-order valence-electron chi connectivity index (χ2n) is 3.72. The van der Waals surface area contributed by atoms with Crippen molar-refractivity contribution >= 4 is 46.4 Å². The fourth-order valence-electron chi connectivity index (χ4n) is 2.19. The van der Waals surface area contributed by atoms with Crippen LogP contribution in [0, 0.1) is 5.92 Å². The van der Waals surface area contributed by atoms with E-state index in [0.717, 1.165) is 0 Å². The van der Waals surface area contributed by atoms with Gasteiger partial charge in [-0.05, 0) is 12.8 Å². The lowest BCUT2D eigenvalue weighted by atomic mass is 9.93. The Hall–Kier alpha value is 0.860. The summed E-state index contributed by atoms with van der Waals surface area (Å²) in [6, 6.07) is 0. The molecule has 0 unspecified atom stereocenters. The van der Waals surface area contributed by atoms with Gasteiger partial charge in [0, 0.05) is 12.5 Å². The van der Waals surface area contributed by atoms with Crippen molar-refractivity contribution in [2.45, 2.75) is 22.6 Å². The van der Waals surface area contributed by atoms with Crippen molar-refractivity contribution in [3.8, 4) is 0 Å². The van der Waals surface area contributed by atoms with E-state index in [1.165, 1.54) is 0 Å². The van der Waals surface area contributed by atoms with Gasteiger partial charge in [-0.1, -0.05) is 23.2 Å². The lowest BCUT2D eigenvalue weighted by Gasteiger charge is -2.28. The maximum Gasteiger partial charge on any atom is 0.0884 e. The number of hydrogen-bond donors (Lipinski definition) is 1. The Morgan fingerprint density at radius 3 is 2.31 bits per heavy atom. The summed E-state index contributed by atoms with van der Waals surface area (Å²) in [6.45, 7) is -0.00163. The van der Waals surface area contributed by atoms with Gasteiger partial charge in [0.25, 0.3) is 0 Å². The van der Waals surface area contributed by atoms with E-state index in [9.17, 15) is 0 Å². The Morgan fingerprint density at radius 2 is 1.92 bits per heavy atom. The molecule has 13 heavy (non-hydrogen) atoms. The van der Waals surface area contributed by atoms with E-state index >= 15 is 0 Å². The molecule has 1 fully saturated rings. The van der Waals surface area contributed by atoms with Gasteiger partial charge >= 0.3 is 0 Å². The Balaban J connectivity index is 2.46. The number of aliphatic hydroxyl groups is 1. The molecule has 3 atom stereocenters. The molecule has 0 heterocycles. The molecule has 0 amide bonds. The Bertz CT molecular complexity index is 290. The molecule has 0 aromatic rings. The van der Waals surface area contributed by atoms with Crippen LogP contribution < -0.4 is 0 Å². The molecule has 2 aliphatic carbocycles. The molecular weight excluding hydrogens is 254 g/mol. The summed E-state index contributed by atoms with van der Waals surface area (Å²) in [6.07, 6.45) is 1.12. The highest BCUT2D eigenvalue weighted by Crippen LogP contribution is 2.65. The van der Waals surface area contributed by atoms with E-state index in [0.29, 0.717) is 22.9 Å². The predicted molar refractivity (Wildman–Crippen MR) is 55.7 cm³/mol. The van der Waals surface area contributed by atoms with Gasteiger partial charge in [-0.15, -0.1) is 23.2 Å². The SMILES string of the molecule is OC[C@H]1C[C@]2(Cl)C[C@]1(Cl)C(Cl)=C2Cl. The van der Waals surface area contributed by atoms with Gasteiger partial charge in [0.1, 0.15) is 0 Å². The second kappa shape index (κ2) is 2.93. The molecule has 0 aliphatic heterocycles. The normalized spacial score (nSPS) is 49.2. The summed E-state index contributed by atoms with van der Waals surface area (Å²) in [4.78, 5) is -1.36. The van der Waals surface area contributed by atoms with Crippen LogP contribution in [0.15, 0.2) is 10.1 Å². The average Bonchev–Trinajstić information content (AvgIpc) is 2.44. The van der Waals surface area contributed by atoms with Crippen LogP contribution in [0.1, 0.15) is 12.8 Å². The number of hydrogen-bond acceptors (Lipinski definition) is 1. The summed E-state index contributed by atoms with van der Waals surface area (Å²) in [5.74, 6) is -0.0818. The molecule has 2 rings (SSSR count). The largest absolute Gasteiger partial charge is 0.396 e. The van der Waals surface area contributed by atoms with E-state index in [1.54, 1.807) is 0 Å². The van der Waals surface area contributed by atoms with Crippen LogP contribution in [0.3, 0.4) is 0 Å². The minimum Gasteiger partial charge on any atom is -0.396 e. The highest BCUT2D eigenvalue weighted by Gasteiger charge is 2.62. The molecule has 1 nitrogen and oxygen atoms in total. The van der Waals surface area contributed by atoms with Gasteiger partial charge < -0.3 is 5.11 Å². The Morgan fingerprint density at radius 1 is 1.31 bits per heavy atom. The van der Waals surface area contributed by atoms with E-state index < -0.39 is 9.75 Å². The van der Waals surface area contributed by atoms with Crippen molar-refractivity contribution in [2.75, 3.05) is 6.61 Å². The molecule has 0 aromatic heterocycles. The first-order valence-electron chi connectivity index (χ1n) is 3.99. The van der Waals surface area contributed by atoms with Gasteiger partial charge in [0.15, 0.2) is 0 Å². The third-order valence-corrected chi connectivity index (χ3v) is 5.40. The molecule has 5 heteroatoms. The van der Waals surface area contributed by atoms with Crippen LogP contribution in [-0.2, 0) is 0 Å². The first kappa shape index (κ1) is 10.4. The van der Waals surface area contributed by atoms with E-state index in [-0.39, 0.29) is 12.5 Å². The molecule has 0 spiro atoms. The molecule has 0 saturated heterocycles. The fourth-order valence-corrected chi connectivity index (χ4v) is 4.03. The average molecular weight is 262 g/mol. The number of alkyl halides is 2. The highest BCUT2D eigenvalue weighted by molar-refractivity contribution is 6.50. The third kappa shape index (κ3) is 1.18. The standard InChI is InChI=1S/C8H8Cl4O/c9-5-6(10)8(12)3-7(5,11)1-4(8)2-13/h4,13H,1-3H2/t4-,7+,8-/m1/s1. The molecule has 1 saturated carbocycles. The van der Waals surface area contributed by atoms with Gasteiger partial charge in [0.05, 0.1) is 19.8 Å². The summed E-state index contributed by atoms with van der Waals surface area (Å²) in [5.41, 5.74) is 0. The summed E-state index contributed by atoms with van der Waals surface area (Å²) in [7, 11) is 0. The maximum absolute atomic E-state index is 9.10. The predicted octanol–water partition coefficient (Wildman–Crippen LogP) is 3.05. The van der Waals surface area contributed by atoms with Crippen LogP contribution in [0.4, 0.5) is 0 Å². The van der Waals surface area contributed by atoms with Crippen LogP contribution in [0.25, 0.3) is 0 Å². The summed E-state index contributed by atoms with van der Waals surface area (Å²) < 4.78 is 0. The first-order valence-corrected chi connectivity index (χ1v) is 5.50. The summed E-state index contributed by atoms with van der Waals surface area (Å²) in [5, 5.41) is 9.97. The van der Waals surface area contributed by atoms with Crippen molar-refractivity contribution < 1.29 is 5.11 Å². The molecule has 0 aromatic carbocycles. The van der Waals surface area contributed by atoms with Crippen molar-refractivity contribution in [1.82, 2.24) is 0 Å². The zero-order valence-electron chi connectivity index (χ0n) is 6.66. The molecule has 2 aliphatic rings. The van der Waals surface area contributed by atoms with Gasteiger partial charge in [0.2, 0.25) is 0 Å². The zero-order chi connectivity index (χ0) is 9.85. The number of aliphatic hydroxyl groups excluding tert-OH is 1. The number of halogens is 4. The van der Waals surface area contributed by atoms with E-state index in [2.05, 4.69) is 0 Å². The van der Waals surface area contributed by atoms with Crippen LogP contribution in [0.5, 0.6) is 0 Å². The van der Waals surface area contributed by atoms with Gasteiger partial charge in [-0.25, -0.2) is 0 Å². The Labute approximate surface area is 96.6 Å². The highest BCUT2D eigenvalue weighted by atomic mass is 35.5. The molecule has 74 valence electrons. The van der Waals surface area contributed by atoms with Crippen LogP contribution >= 0.6 is 46.4 Å². The third-order valence-electron chi connectivity index (χ3n) is 2.93. The second-order valence-corrected chi connectivity index (χ2v) is 5.87. The topological polar surface area (TPSA) is 20.2 Å². The lowest BCUT2D eigenvalue weighted by Crippen LogP contribution is -2.30. The number of fused-ring (bicyclic) bond motifs is 2. The van der Waals surface area contributed by atoms with Crippen molar-refractivity contribution in [3.63, 3.8) is 0 Å². The minimum atomic E-state index is -0.727. The van der Waals surface area contributed by atoms with Crippen molar-refractivity contribution in [1.29, 1.82) is 0 Å². The number of allylic oxidation sites excluding steroid dienone is 2. The van der Waals surface area contributed by atoms with E-state index in [4.69, 9.17) is 51.5 Å². The lowest BCUT2D eigenvalue weighted by molar-refractivity contribution is 0.213. The van der Waals surface area contributed by atoms with Gasteiger partial charge in [-0.3, -0.25) is 0 Å². The maximum atomic E-state index is 9.10. The molecule has 2 bridgehead atoms. The number of rotatable bonds is 1. The van der Waals surface area contributed by atoms with Crippen molar-refractivity contribution in [3.05, 3.63) is 10.1 Å². The molecule has 0 radical (unpaired) electrons. The van der Waals surface area contributed by atoms with E-state index in [1.807, 2.05) is 0 Å². The smallest absolute Gasteiger partial charge is 0.0884 e. The van der Waals surface area contributed by atoms with Crippen molar-refractivity contribution in [2.24, 2.45) is 5.92 Å². The van der Waals surface area contributed by atoms with Crippen LogP contribution in [-0.4, -0.2) is 21.5 Å². The fraction of sp³-hybridized carbons (Fsp3) is 0.750.